The average Bonchev–Trinajstić information content (AvgIpc) is 2.43. The molecule has 0 saturated heterocycles. The van der Waals surface area contributed by atoms with Gasteiger partial charge in [-0.1, -0.05) is 6.07 Å². The highest BCUT2D eigenvalue weighted by molar-refractivity contribution is 5.68. The number of nitro benzene ring substituents is 1. The molecule has 2 aromatic rings. The summed E-state index contributed by atoms with van der Waals surface area (Å²) in [6, 6.07) is 7.43. The van der Waals surface area contributed by atoms with Gasteiger partial charge in [0.2, 0.25) is 0 Å². The first-order valence-electron chi connectivity index (χ1n) is 5.48. The van der Waals surface area contributed by atoms with Crippen LogP contribution in [0.2, 0.25) is 0 Å². The second-order valence-corrected chi connectivity index (χ2v) is 3.90. The lowest BCUT2D eigenvalue weighted by Gasteiger charge is -2.09. The summed E-state index contributed by atoms with van der Waals surface area (Å²) in [6.45, 7) is 0. The number of benzene rings is 2. The molecule has 0 spiro atoms. The quantitative estimate of drug-likeness (QED) is 0.455. The minimum atomic E-state index is -1.07. The standard InChI is InChI=1S/C12H10F2N4O2/c13-10-2-1-3-11(12(10)14)16-7-4-8(17-15)6-9(5-7)18(19)20/h1-6,16-17H,15H2. The van der Waals surface area contributed by atoms with E-state index in [-0.39, 0.29) is 22.7 Å². The Labute approximate surface area is 112 Å². The molecule has 0 aliphatic heterocycles. The minimum Gasteiger partial charge on any atom is -0.353 e. The van der Waals surface area contributed by atoms with E-state index in [9.17, 15) is 18.9 Å². The molecule has 2 rings (SSSR count). The molecule has 0 unspecified atom stereocenters. The number of nitro groups is 1. The number of nitrogens with two attached hydrogens (primary N) is 1. The van der Waals surface area contributed by atoms with Crippen molar-refractivity contribution in [3.05, 3.63) is 58.1 Å². The van der Waals surface area contributed by atoms with E-state index in [2.05, 4.69) is 10.7 Å². The molecule has 0 aliphatic carbocycles. The molecule has 0 fully saturated rings. The van der Waals surface area contributed by atoms with Gasteiger partial charge in [0.05, 0.1) is 16.3 Å². The van der Waals surface area contributed by atoms with Gasteiger partial charge < -0.3 is 10.7 Å². The van der Waals surface area contributed by atoms with E-state index in [4.69, 9.17) is 5.84 Å². The molecular weight excluding hydrogens is 270 g/mol. The Morgan fingerprint density at radius 1 is 1.15 bits per heavy atom. The average molecular weight is 280 g/mol. The lowest BCUT2D eigenvalue weighted by Crippen LogP contribution is -2.07. The molecule has 104 valence electrons. The zero-order valence-corrected chi connectivity index (χ0v) is 10.1. The van der Waals surface area contributed by atoms with Gasteiger partial charge in [-0.05, 0) is 18.2 Å². The van der Waals surface area contributed by atoms with Crippen molar-refractivity contribution in [2.24, 2.45) is 5.84 Å². The first-order chi connectivity index (χ1) is 9.51. The number of non-ortho nitro benzene ring substituents is 1. The van der Waals surface area contributed by atoms with Gasteiger partial charge in [0.25, 0.3) is 5.69 Å². The second-order valence-electron chi connectivity index (χ2n) is 3.90. The number of hydrogen-bond donors (Lipinski definition) is 3. The molecule has 20 heavy (non-hydrogen) atoms. The highest BCUT2D eigenvalue weighted by atomic mass is 19.2. The van der Waals surface area contributed by atoms with Crippen LogP contribution in [0.4, 0.5) is 31.5 Å². The molecule has 6 nitrogen and oxygen atoms in total. The first kappa shape index (κ1) is 13.7. The zero-order valence-electron chi connectivity index (χ0n) is 10.1. The van der Waals surface area contributed by atoms with Crippen LogP contribution in [0.1, 0.15) is 0 Å². The van der Waals surface area contributed by atoms with Crippen LogP contribution in [0.15, 0.2) is 36.4 Å². The summed E-state index contributed by atoms with van der Waals surface area (Å²) in [4.78, 5) is 10.2. The molecule has 0 amide bonds. The van der Waals surface area contributed by atoms with Crippen LogP contribution in [-0.2, 0) is 0 Å². The summed E-state index contributed by atoms with van der Waals surface area (Å²) in [6.07, 6.45) is 0. The third-order valence-electron chi connectivity index (χ3n) is 2.53. The highest BCUT2D eigenvalue weighted by Crippen LogP contribution is 2.27. The van der Waals surface area contributed by atoms with Crippen LogP contribution in [0.3, 0.4) is 0 Å². The van der Waals surface area contributed by atoms with Crippen LogP contribution in [-0.4, -0.2) is 4.92 Å². The van der Waals surface area contributed by atoms with Crippen molar-refractivity contribution in [3.63, 3.8) is 0 Å². The predicted octanol–water partition coefficient (Wildman–Crippen LogP) is 2.90. The Kier molecular flexibility index (Phi) is 3.76. The van der Waals surface area contributed by atoms with Gasteiger partial charge in [0.1, 0.15) is 0 Å². The van der Waals surface area contributed by atoms with Crippen LogP contribution in [0, 0.1) is 21.7 Å². The minimum absolute atomic E-state index is 0.131. The molecule has 0 heterocycles. The topological polar surface area (TPSA) is 93.2 Å². The fourth-order valence-corrected chi connectivity index (χ4v) is 1.63. The molecule has 0 saturated carbocycles. The molecule has 0 radical (unpaired) electrons. The fraction of sp³-hybridized carbons (Fsp3) is 0. The van der Waals surface area contributed by atoms with Crippen molar-refractivity contribution in [3.8, 4) is 0 Å². The van der Waals surface area contributed by atoms with Crippen LogP contribution in [0.5, 0.6) is 0 Å². The van der Waals surface area contributed by atoms with Crippen molar-refractivity contribution in [1.82, 2.24) is 0 Å². The van der Waals surface area contributed by atoms with E-state index >= 15 is 0 Å². The van der Waals surface area contributed by atoms with Crippen LogP contribution >= 0.6 is 0 Å². The van der Waals surface area contributed by atoms with E-state index in [0.717, 1.165) is 6.07 Å². The third-order valence-corrected chi connectivity index (χ3v) is 2.53. The van der Waals surface area contributed by atoms with E-state index in [1.165, 1.54) is 30.3 Å². The highest BCUT2D eigenvalue weighted by Gasteiger charge is 2.12. The largest absolute Gasteiger partial charge is 0.353 e. The third kappa shape index (κ3) is 2.81. The Morgan fingerprint density at radius 3 is 2.50 bits per heavy atom. The van der Waals surface area contributed by atoms with E-state index in [1.54, 1.807) is 0 Å². The lowest BCUT2D eigenvalue weighted by molar-refractivity contribution is -0.384. The Balaban J connectivity index is 2.40. The van der Waals surface area contributed by atoms with Crippen molar-refractivity contribution in [1.29, 1.82) is 0 Å². The van der Waals surface area contributed by atoms with Gasteiger partial charge in [-0.15, -0.1) is 0 Å². The number of hydrazine groups is 1. The molecule has 8 heteroatoms. The lowest BCUT2D eigenvalue weighted by atomic mass is 10.2. The summed E-state index contributed by atoms with van der Waals surface area (Å²) >= 11 is 0. The Hall–Kier alpha value is -2.74. The zero-order chi connectivity index (χ0) is 14.7. The normalized spacial score (nSPS) is 10.2. The molecular formula is C12H10F2N4O2. The van der Waals surface area contributed by atoms with E-state index in [0.29, 0.717) is 0 Å². The van der Waals surface area contributed by atoms with Crippen LogP contribution < -0.4 is 16.6 Å². The second kappa shape index (κ2) is 5.49. The number of hydrogen-bond acceptors (Lipinski definition) is 5. The Bertz CT molecular complexity index is 664. The number of nitrogens with zero attached hydrogens (tertiary/aromatic N) is 1. The maximum Gasteiger partial charge on any atom is 0.273 e. The maximum absolute atomic E-state index is 13.5. The number of rotatable bonds is 4. The SMILES string of the molecule is NNc1cc(Nc2cccc(F)c2F)cc([N+](=O)[O-])c1. The number of anilines is 3. The maximum atomic E-state index is 13.5. The van der Waals surface area contributed by atoms with Gasteiger partial charge >= 0.3 is 0 Å². The Morgan fingerprint density at radius 2 is 1.85 bits per heavy atom. The number of nitrogen functional groups attached to an aromatic ring is 1. The monoisotopic (exact) mass is 280 g/mol. The van der Waals surface area contributed by atoms with Gasteiger partial charge in [-0.3, -0.25) is 16.0 Å². The summed E-state index contributed by atoms with van der Waals surface area (Å²) in [5, 5.41) is 13.3. The molecule has 0 aromatic heterocycles. The van der Waals surface area contributed by atoms with Crippen LogP contribution in [0.25, 0.3) is 0 Å². The summed E-state index contributed by atoms with van der Waals surface area (Å²) < 4.78 is 26.6. The van der Waals surface area contributed by atoms with Gasteiger partial charge in [-0.25, -0.2) is 8.78 Å². The van der Waals surface area contributed by atoms with E-state index in [1.807, 2.05) is 0 Å². The summed E-state index contributed by atoms with van der Waals surface area (Å²) in [5.41, 5.74) is 2.36. The smallest absolute Gasteiger partial charge is 0.273 e. The van der Waals surface area contributed by atoms with Gasteiger partial charge in [0, 0.05) is 17.8 Å². The first-order valence-corrected chi connectivity index (χ1v) is 5.48. The van der Waals surface area contributed by atoms with Crippen molar-refractivity contribution < 1.29 is 13.7 Å². The fourth-order valence-electron chi connectivity index (χ4n) is 1.63. The van der Waals surface area contributed by atoms with E-state index < -0.39 is 16.6 Å². The van der Waals surface area contributed by atoms with Crippen molar-refractivity contribution >= 4 is 22.7 Å². The summed E-state index contributed by atoms with van der Waals surface area (Å²) in [7, 11) is 0. The molecule has 4 N–H and O–H groups in total. The molecule has 2 aromatic carbocycles. The number of nitrogens with one attached hydrogen (secondary N) is 2. The molecule has 0 aliphatic rings. The van der Waals surface area contributed by atoms with Crippen molar-refractivity contribution in [2.45, 2.75) is 0 Å². The molecule has 0 bridgehead atoms. The van der Waals surface area contributed by atoms with Gasteiger partial charge in [-0.2, -0.15) is 0 Å². The predicted molar refractivity (Wildman–Crippen MR) is 70.5 cm³/mol. The summed E-state index contributed by atoms with van der Waals surface area (Å²) in [5.74, 6) is 3.12. The number of halogens is 2. The molecule has 0 atom stereocenters. The van der Waals surface area contributed by atoms with Crippen molar-refractivity contribution in [2.75, 3.05) is 10.7 Å². The van der Waals surface area contributed by atoms with Gasteiger partial charge in [0.15, 0.2) is 11.6 Å².